The Balaban J connectivity index is 0.00000256. The first-order valence-electron chi connectivity index (χ1n) is 4.89. The van der Waals surface area contributed by atoms with Gasteiger partial charge in [0, 0.05) is 29.6 Å². The molecular weight excluding hydrogens is 247 g/mol. The summed E-state index contributed by atoms with van der Waals surface area (Å²) in [6.45, 7) is 8.97. The van der Waals surface area contributed by atoms with Crippen LogP contribution in [-0.2, 0) is 9.59 Å². The second-order valence-electron chi connectivity index (χ2n) is 3.73. The minimum Gasteiger partial charge on any atom is -0.302 e. The van der Waals surface area contributed by atoms with Crippen LogP contribution in [0, 0.1) is 11.3 Å². The summed E-state index contributed by atoms with van der Waals surface area (Å²) in [5.74, 6) is -1.09. The molecule has 1 rings (SSSR count). The molecule has 1 atom stereocenters. The predicted octanol–water partition coefficient (Wildman–Crippen LogP) is 0.521. The molecule has 1 aliphatic rings. The molecule has 1 heterocycles. The van der Waals surface area contributed by atoms with Crippen LogP contribution in [0.5, 0.6) is 0 Å². The van der Waals surface area contributed by atoms with Gasteiger partial charge in [-0.1, -0.05) is 19.1 Å². The van der Waals surface area contributed by atoms with Crippen molar-refractivity contribution < 1.29 is 9.59 Å². The molecule has 2 N–H and O–H groups in total. The zero-order valence-electron chi connectivity index (χ0n) is 10.1. The Morgan fingerprint density at radius 1 is 1.35 bits per heavy atom. The Morgan fingerprint density at radius 2 is 1.82 bits per heavy atom. The van der Waals surface area contributed by atoms with Crippen molar-refractivity contribution in [3.63, 3.8) is 0 Å². The van der Waals surface area contributed by atoms with E-state index in [0.29, 0.717) is 0 Å². The summed E-state index contributed by atoms with van der Waals surface area (Å²) >= 11 is 4.75. The smallest absolute Gasteiger partial charge is 0.242 e. The van der Waals surface area contributed by atoms with Crippen molar-refractivity contribution in [3.8, 4) is 0 Å². The van der Waals surface area contributed by atoms with Crippen LogP contribution in [-0.4, -0.2) is 46.5 Å². The minimum atomic E-state index is -1.19. The maximum atomic E-state index is 12.0. The Hall–Kier alpha value is -0.490. The standard InChI is InChI=1S/C11H14N2O2S.Na/c1-4-6-11(7(3)5-2)8(14)12-10(16)13-9(11)15;/h4-5,7H,1-2,6H2,3H3,(H2,12,13,14,15,16);. The van der Waals surface area contributed by atoms with Gasteiger partial charge in [0.15, 0.2) is 5.11 Å². The molecule has 0 aromatic rings. The van der Waals surface area contributed by atoms with E-state index in [-0.39, 0.29) is 47.0 Å². The summed E-state index contributed by atoms with van der Waals surface area (Å²) in [6, 6.07) is 0. The van der Waals surface area contributed by atoms with Crippen molar-refractivity contribution >= 4 is 58.7 Å². The molecule has 1 aliphatic heterocycles. The van der Waals surface area contributed by atoms with Gasteiger partial charge in [-0.25, -0.2) is 0 Å². The van der Waals surface area contributed by atoms with Crippen LogP contribution in [0.25, 0.3) is 0 Å². The monoisotopic (exact) mass is 261 g/mol. The number of hydrogen-bond acceptors (Lipinski definition) is 3. The summed E-state index contributed by atoms with van der Waals surface area (Å²) in [5.41, 5.74) is -1.19. The van der Waals surface area contributed by atoms with E-state index >= 15 is 0 Å². The number of allylic oxidation sites excluding steroid dienone is 2. The van der Waals surface area contributed by atoms with Crippen molar-refractivity contribution in [2.24, 2.45) is 11.3 Å². The van der Waals surface area contributed by atoms with E-state index in [4.69, 9.17) is 12.2 Å². The Labute approximate surface area is 128 Å². The molecule has 0 aromatic heterocycles. The zero-order chi connectivity index (χ0) is 12.3. The van der Waals surface area contributed by atoms with Crippen LogP contribution in [0.4, 0.5) is 0 Å². The fourth-order valence-corrected chi connectivity index (χ4v) is 1.96. The number of hydrogen-bond donors (Lipinski definition) is 2. The average molecular weight is 261 g/mol. The number of thiocarbonyl (C=S) groups is 1. The normalized spacial score (nSPS) is 19.5. The van der Waals surface area contributed by atoms with Crippen molar-refractivity contribution in [1.82, 2.24) is 10.6 Å². The molecule has 87 valence electrons. The molecule has 17 heavy (non-hydrogen) atoms. The molecule has 0 aromatic carbocycles. The number of amides is 2. The van der Waals surface area contributed by atoms with Gasteiger partial charge in [0.05, 0.1) is 0 Å². The fraction of sp³-hybridized carbons (Fsp3) is 0.364. The first kappa shape index (κ1) is 16.5. The first-order valence-corrected chi connectivity index (χ1v) is 5.30. The van der Waals surface area contributed by atoms with Crippen LogP contribution in [0.15, 0.2) is 25.3 Å². The molecule has 0 spiro atoms. The van der Waals surface area contributed by atoms with E-state index < -0.39 is 17.2 Å². The van der Waals surface area contributed by atoms with E-state index in [2.05, 4.69) is 23.8 Å². The molecular formula is C11H14N2NaO2S. The maximum Gasteiger partial charge on any atom is 0.242 e. The van der Waals surface area contributed by atoms with Gasteiger partial charge < -0.3 is 10.6 Å². The topological polar surface area (TPSA) is 58.2 Å². The summed E-state index contributed by atoms with van der Waals surface area (Å²) in [7, 11) is 0. The second kappa shape index (κ2) is 6.44. The van der Waals surface area contributed by atoms with E-state index in [0.717, 1.165) is 0 Å². The number of nitrogens with one attached hydrogen (secondary N) is 2. The number of carbonyl (C=O) groups is 2. The average Bonchev–Trinajstić information content (AvgIpc) is 2.22. The quantitative estimate of drug-likeness (QED) is 0.336. The van der Waals surface area contributed by atoms with Gasteiger partial charge in [-0.3, -0.25) is 9.59 Å². The number of rotatable bonds is 4. The van der Waals surface area contributed by atoms with Crippen LogP contribution >= 0.6 is 12.2 Å². The van der Waals surface area contributed by atoms with E-state index in [1.165, 1.54) is 0 Å². The first-order chi connectivity index (χ1) is 7.48. The van der Waals surface area contributed by atoms with Crippen molar-refractivity contribution in [3.05, 3.63) is 25.3 Å². The van der Waals surface area contributed by atoms with Gasteiger partial charge >= 0.3 is 0 Å². The summed E-state index contributed by atoms with van der Waals surface area (Å²) in [4.78, 5) is 23.9. The molecule has 0 aliphatic carbocycles. The molecule has 4 nitrogen and oxygen atoms in total. The second-order valence-corrected chi connectivity index (χ2v) is 4.13. The van der Waals surface area contributed by atoms with Crippen molar-refractivity contribution in [2.75, 3.05) is 0 Å². The van der Waals surface area contributed by atoms with Gasteiger partial charge in [0.2, 0.25) is 11.8 Å². The van der Waals surface area contributed by atoms with Gasteiger partial charge in [0.25, 0.3) is 0 Å². The Morgan fingerprint density at radius 3 is 2.18 bits per heavy atom. The van der Waals surface area contributed by atoms with Crippen LogP contribution in [0.2, 0.25) is 0 Å². The molecule has 1 fully saturated rings. The SMILES string of the molecule is C=CCC1(C(C)C=C)C(=O)NC(=S)NC1=O.[Na]. The molecule has 0 bridgehead atoms. The van der Waals surface area contributed by atoms with Gasteiger partial charge in [-0.05, 0) is 24.6 Å². The molecule has 2 amide bonds. The number of carbonyl (C=O) groups excluding carboxylic acids is 2. The minimum absolute atomic E-state index is 0. The predicted molar refractivity (Wildman–Crippen MR) is 71.2 cm³/mol. The Bertz CT molecular complexity index is 362. The van der Waals surface area contributed by atoms with Crippen LogP contribution in [0.1, 0.15) is 13.3 Å². The summed E-state index contributed by atoms with van der Waals surface area (Å²) < 4.78 is 0. The van der Waals surface area contributed by atoms with Gasteiger partial charge in [-0.2, -0.15) is 0 Å². The van der Waals surface area contributed by atoms with Gasteiger partial charge in [0.1, 0.15) is 5.41 Å². The third-order valence-corrected chi connectivity index (χ3v) is 3.07. The zero-order valence-corrected chi connectivity index (χ0v) is 12.9. The molecule has 1 radical (unpaired) electrons. The third kappa shape index (κ3) is 2.85. The summed E-state index contributed by atoms with van der Waals surface area (Å²) in [5, 5.41) is 4.98. The molecule has 0 saturated carbocycles. The van der Waals surface area contributed by atoms with Crippen molar-refractivity contribution in [1.29, 1.82) is 0 Å². The molecule has 1 unspecified atom stereocenters. The largest absolute Gasteiger partial charge is 0.302 e. The van der Waals surface area contributed by atoms with E-state index in [9.17, 15) is 9.59 Å². The van der Waals surface area contributed by atoms with Crippen LogP contribution < -0.4 is 10.6 Å². The van der Waals surface area contributed by atoms with Gasteiger partial charge in [-0.15, -0.1) is 13.2 Å². The van der Waals surface area contributed by atoms with E-state index in [1.807, 2.05) is 0 Å². The van der Waals surface area contributed by atoms with Crippen LogP contribution in [0.3, 0.4) is 0 Å². The molecule has 6 heteroatoms. The fourth-order valence-electron chi connectivity index (χ4n) is 1.78. The summed E-state index contributed by atoms with van der Waals surface area (Å²) in [6.07, 6.45) is 3.38. The van der Waals surface area contributed by atoms with E-state index in [1.54, 1.807) is 19.1 Å². The third-order valence-electron chi connectivity index (χ3n) is 2.86. The maximum absolute atomic E-state index is 12.0. The molecule has 1 saturated heterocycles. The Kier molecular flexibility index (Phi) is 6.26. The van der Waals surface area contributed by atoms with Crippen molar-refractivity contribution in [2.45, 2.75) is 13.3 Å².